The van der Waals surface area contributed by atoms with Crippen molar-refractivity contribution in [1.29, 1.82) is 0 Å². The minimum atomic E-state index is 0.0415. The first kappa shape index (κ1) is 19.5. The van der Waals surface area contributed by atoms with Crippen LogP contribution in [0.3, 0.4) is 0 Å². The van der Waals surface area contributed by atoms with E-state index in [1.807, 2.05) is 0 Å². The average molecular weight is 344 g/mol. The van der Waals surface area contributed by atoms with Crippen molar-refractivity contribution >= 4 is 11.8 Å². The van der Waals surface area contributed by atoms with Gasteiger partial charge in [0.15, 0.2) is 0 Å². The van der Waals surface area contributed by atoms with Crippen molar-refractivity contribution in [2.75, 3.05) is 13.1 Å². The van der Waals surface area contributed by atoms with E-state index in [-0.39, 0.29) is 17.7 Å². The van der Waals surface area contributed by atoms with E-state index >= 15 is 0 Å². The maximum atomic E-state index is 12.0. The van der Waals surface area contributed by atoms with E-state index in [0.29, 0.717) is 25.4 Å². The molecule has 0 atom stereocenters. The summed E-state index contributed by atoms with van der Waals surface area (Å²) in [6, 6.07) is 8.48. The molecule has 25 heavy (non-hydrogen) atoms. The summed E-state index contributed by atoms with van der Waals surface area (Å²) in [5, 5.41) is 5.83. The van der Waals surface area contributed by atoms with Crippen molar-refractivity contribution in [2.45, 2.75) is 64.7 Å². The molecular weight excluding hydrogens is 312 g/mol. The molecule has 138 valence electrons. The van der Waals surface area contributed by atoms with Crippen molar-refractivity contribution in [3.8, 4) is 0 Å². The highest BCUT2D eigenvalue weighted by Gasteiger charge is 2.20. The van der Waals surface area contributed by atoms with Crippen LogP contribution in [-0.4, -0.2) is 24.9 Å². The van der Waals surface area contributed by atoms with E-state index in [1.54, 1.807) is 0 Å². The Kier molecular flexibility index (Phi) is 7.96. The van der Waals surface area contributed by atoms with Crippen molar-refractivity contribution < 1.29 is 9.59 Å². The van der Waals surface area contributed by atoms with E-state index < -0.39 is 0 Å². The molecule has 0 saturated heterocycles. The van der Waals surface area contributed by atoms with Crippen molar-refractivity contribution in [2.24, 2.45) is 5.92 Å². The normalized spacial score (nSPS) is 15.2. The molecule has 0 heterocycles. The summed E-state index contributed by atoms with van der Waals surface area (Å²) in [5.41, 5.74) is 2.51. The Morgan fingerprint density at radius 3 is 2.28 bits per heavy atom. The van der Waals surface area contributed by atoms with Gasteiger partial charge < -0.3 is 10.6 Å². The van der Waals surface area contributed by atoms with Crippen LogP contribution in [0.25, 0.3) is 0 Å². The molecule has 0 unspecified atom stereocenters. The molecule has 1 aliphatic rings. The summed E-state index contributed by atoms with van der Waals surface area (Å²) < 4.78 is 0. The molecule has 0 spiro atoms. The minimum absolute atomic E-state index is 0.0415. The lowest BCUT2D eigenvalue weighted by atomic mass is 9.89. The Labute approximate surface area is 151 Å². The topological polar surface area (TPSA) is 58.2 Å². The average Bonchev–Trinajstić information content (AvgIpc) is 2.64. The summed E-state index contributed by atoms with van der Waals surface area (Å²) in [7, 11) is 0. The van der Waals surface area contributed by atoms with Gasteiger partial charge in [-0.15, -0.1) is 0 Å². The predicted molar refractivity (Wildman–Crippen MR) is 101 cm³/mol. The summed E-state index contributed by atoms with van der Waals surface area (Å²) in [4.78, 5) is 23.9. The van der Waals surface area contributed by atoms with Gasteiger partial charge >= 0.3 is 0 Å². The quantitative estimate of drug-likeness (QED) is 0.709. The van der Waals surface area contributed by atoms with Gasteiger partial charge in [-0.1, -0.05) is 57.4 Å². The number of carbonyl (C=O) groups excluding carboxylic acids is 2. The van der Waals surface area contributed by atoms with Crippen LogP contribution in [0.5, 0.6) is 0 Å². The van der Waals surface area contributed by atoms with E-state index in [9.17, 15) is 9.59 Å². The van der Waals surface area contributed by atoms with Gasteiger partial charge in [0, 0.05) is 25.4 Å². The third kappa shape index (κ3) is 6.89. The first-order valence-corrected chi connectivity index (χ1v) is 9.69. The Morgan fingerprint density at radius 1 is 1.00 bits per heavy atom. The first-order chi connectivity index (χ1) is 12.1. The standard InChI is InChI=1S/C21H32N2O2/c1-16(2)18-11-8-17(9-12-18)10-13-20(24)22-14-15-23-21(25)19-6-4-3-5-7-19/h8-9,11-12,16,19H,3-7,10,13-15H2,1-2H3,(H,22,24)(H,23,25). The smallest absolute Gasteiger partial charge is 0.223 e. The highest BCUT2D eigenvalue weighted by Crippen LogP contribution is 2.23. The van der Waals surface area contributed by atoms with Gasteiger partial charge in [-0.3, -0.25) is 9.59 Å². The third-order valence-corrected chi connectivity index (χ3v) is 5.01. The lowest BCUT2D eigenvalue weighted by Crippen LogP contribution is -2.38. The van der Waals surface area contributed by atoms with Gasteiger partial charge in [-0.2, -0.15) is 0 Å². The molecule has 1 saturated carbocycles. The second-order valence-corrected chi connectivity index (χ2v) is 7.37. The van der Waals surface area contributed by atoms with Crippen LogP contribution in [0.4, 0.5) is 0 Å². The van der Waals surface area contributed by atoms with Gasteiger partial charge in [-0.05, 0) is 36.3 Å². The summed E-state index contributed by atoms with van der Waals surface area (Å²) >= 11 is 0. The molecule has 1 aromatic carbocycles. The number of amides is 2. The molecule has 0 aromatic heterocycles. The van der Waals surface area contributed by atoms with E-state index in [4.69, 9.17) is 0 Å². The van der Waals surface area contributed by atoms with Gasteiger partial charge in [-0.25, -0.2) is 0 Å². The van der Waals surface area contributed by atoms with Crippen LogP contribution in [0.1, 0.15) is 69.4 Å². The molecule has 0 bridgehead atoms. The molecule has 2 amide bonds. The van der Waals surface area contributed by atoms with Gasteiger partial charge in [0.25, 0.3) is 0 Å². The molecule has 2 rings (SSSR count). The molecule has 2 N–H and O–H groups in total. The minimum Gasteiger partial charge on any atom is -0.354 e. The Morgan fingerprint density at radius 2 is 1.64 bits per heavy atom. The molecule has 1 aliphatic carbocycles. The van der Waals surface area contributed by atoms with E-state index in [2.05, 4.69) is 48.7 Å². The Hall–Kier alpha value is -1.84. The summed E-state index contributed by atoms with van der Waals surface area (Å²) in [6.07, 6.45) is 6.82. The lowest BCUT2D eigenvalue weighted by Gasteiger charge is -2.20. The Bertz CT molecular complexity index is 546. The van der Waals surface area contributed by atoms with Crippen LogP contribution in [0.15, 0.2) is 24.3 Å². The maximum Gasteiger partial charge on any atom is 0.223 e. The molecule has 1 aromatic rings. The highest BCUT2D eigenvalue weighted by atomic mass is 16.2. The highest BCUT2D eigenvalue weighted by molar-refractivity contribution is 5.79. The monoisotopic (exact) mass is 344 g/mol. The number of nitrogens with one attached hydrogen (secondary N) is 2. The van der Waals surface area contributed by atoms with Crippen molar-refractivity contribution in [3.63, 3.8) is 0 Å². The van der Waals surface area contributed by atoms with Gasteiger partial charge in [0.1, 0.15) is 0 Å². The number of carbonyl (C=O) groups is 2. The number of hydrogen-bond acceptors (Lipinski definition) is 2. The predicted octanol–water partition coefficient (Wildman–Crippen LogP) is 3.56. The first-order valence-electron chi connectivity index (χ1n) is 9.69. The van der Waals surface area contributed by atoms with Crippen LogP contribution in [0.2, 0.25) is 0 Å². The fraction of sp³-hybridized carbons (Fsp3) is 0.619. The van der Waals surface area contributed by atoms with Crippen LogP contribution < -0.4 is 10.6 Å². The zero-order valence-electron chi connectivity index (χ0n) is 15.6. The lowest BCUT2D eigenvalue weighted by molar-refractivity contribution is -0.126. The van der Waals surface area contributed by atoms with Crippen LogP contribution in [-0.2, 0) is 16.0 Å². The van der Waals surface area contributed by atoms with Crippen molar-refractivity contribution in [1.82, 2.24) is 10.6 Å². The fourth-order valence-electron chi connectivity index (χ4n) is 3.31. The molecule has 0 aliphatic heterocycles. The van der Waals surface area contributed by atoms with Crippen LogP contribution >= 0.6 is 0 Å². The molecule has 4 nitrogen and oxygen atoms in total. The second-order valence-electron chi connectivity index (χ2n) is 7.37. The van der Waals surface area contributed by atoms with Crippen LogP contribution in [0, 0.1) is 5.92 Å². The number of benzene rings is 1. The zero-order chi connectivity index (χ0) is 18.1. The van der Waals surface area contributed by atoms with Gasteiger partial charge in [0.2, 0.25) is 11.8 Å². The van der Waals surface area contributed by atoms with Gasteiger partial charge in [0.05, 0.1) is 0 Å². The molecule has 0 radical (unpaired) electrons. The fourth-order valence-corrected chi connectivity index (χ4v) is 3.31. The molecular formula is C21H32N2O2. The maximum absolute atomic E-state index is 12.0. The number of hydrogen-bond donors (Lipinski definition) is 2. The molecule has 4 heteroatoms. The Balaban J connectivity index is 1.58. The van der Waals surface area contributed by atoms with Crippen molar-refractivity contribution in [3.05, 3.63) is 35.4 Å². The number of aryl methyl sites for hydroxylation is 1. The summed E-state index contributed by atoms with van der Waals surface area (Å²) in [5.74, 6) is 0.901. The summed E-state index contributed by atoms with van der Waals surface area (Å²) in [6.45, 7) is 5.37. The number of rotatable bonds is 8. The third-order valence-electron chi connectivity index (χ3n) is 5.01. The molecule has 1 fully saturated rings. The SMILES string of the molecule is CC(C)c1ccc(CCC(=O)NCCNC(=O)C2CCCCC2)cc1. The second kappa shape index (κ2) is 10.2. The van der Waals surface area contributed by atoms with E-state index in [1.165, 1.54) is 17.5 Å². The van der Waals surface area contributed by atoms with E-state index in [0.717, 1.165) is 32.1 Å². The largest absolute Gasteiger partial charge is 0.354 e. The zero-order valence-corrected chi connectivity index (χ0v) is 15.6.